The number of alkyl halides is 2. The highest BCUT2D eigenvalue weighted by atomic mass is 32.1. The van der Waals surface area contributed by atoms with Gasteiger partial charge in [-0.25, -0.2) is 13.6 Å². The highest BCUT2D eigenvalue weighted by Gasteiger charge is 2.26. The Morgan fingerprint density at radius 2 is 1.95 bits per heavy atom. The van der Waals surface area contributed by atoms with E-state index in [1.165, 1.54) is 6.07 Å². The van der Waals surface area contributed by atoms with Crippen molar-refractivity contribution in [3.63, 3.8) is 0 Å². The third-order valence-electron chi connectivity index (χ3n) is 3.41. The monoisotopic (exact) mass is 318 g/mol. The van der Waals surface area contributed by atoms with Gasteiger partial charge in [0, 0.05) is 31.1 Å². The number of carbonyl (C=O) groups is 2. The number of aromatic carboxylic acids is 1. The van der Waals surface area contributed by atoms with Crippen LogP contribution in [0.1, 0.15) is 24.9 Å². The maximum absolute atomic E-state index is 12.4. The first kappa shape index (κ1) is 15.8. The zero-order chi connectivity index (χ0) is 15.6. The number of carbonyl (C=O) groups excluding carboxylic acids is 1. The van der Waals surface area contributed by atoms with Gasteiger partial charge in [0.15, 0.2) is 0 Å². The van der Waals surface area contributed by atoms with Crippen molar-refractivity contribution in [1.82, 2.24) is 9.80 Å². The molecule has 1 saturated heterocycles. The van der Waals surface area contributed by atoms with Gasteiger partial charge in [-0.05, 0) is 13.0 Å². The largest absolute Gasteiger partial charge is 0.477 e. The van der Waals surface area contributed by atoms with Crippen LogP contribution in [0.4, 0.5) is 8.78 Å². The van der Waals surface area contributed by atoms with Crippen molar-refractivity contribution in [3.8, 4) is 0 Å². The van der Waals surface area contributed by atoms with Crippen LogP contribution in [0, 0.1) is 6.92 Å². The molecule has 2 rings (SSSR count). The number of rotatable bonds is 4. The molecule has 0 saturated carbocycles. The number of aryl methyl sites for hydroxylation is 1. The fraction of sp³-hybridized carbons (Fsp3) is 0.538. The molecule has 0 atom stereocenters. The summed E-state index contributed by atoms with van der Waals surface area (Å²) in [5, 5.41) is 8.94. The highest BCUT2D eigenvalue weighted by molar-refractivity contribution is 7.14. The lowest BCUT2D eigenvalue weighted by atomic mass is 10.2. The maximum atomic E-state index is 12.4. The van der Waals surface area contributed by atoms with Gasteiger partial charge in [0.25, 0.3) is 12.3 Å². The number of thiophene rings is 1. The van der Waals surface area contributed by atoms with Crippen LogP contribution < -0.4 is 0 Å². The van der Waals surface area contributed by atoms with Crippen molar-refractivity contribution in [2.24, 2.45) is 0 Å². The van der Waals surface area contributed by atoms with Crippen LogP contribution in [0.25, 0.3) is 0 Å². The number of amides is 1. The number of hydrogen-bond acceptors (Lipinski definition) is 4. The standard InChI is InChI=1S/C13H16F2N2O3S/c1-8-9(6-10(21-8)13(19)20)12(18)17-4-2-16(3-5-17)7-11(14)15/h6,11H,2-5,7H2,1H3,(H,19,20). The smallest absolute Gasteiger partial charge is 0.345 e. The molecule has 5 nitrogen and oxygen atoms in total. The number of piperazine rings is 1. The Kier molecular flexibility index (Phi) is 4.89. The molecule has 1 aromatic rings. The van der Waals surface area contributed by atoms with E-state index in [4.69, 9.17) is 5.11 Å². The quantitative estimate of drug-likeness (QED) is 0.919. The number of carboxylic acid groups (broad SMARTS) is 1. The van der Waals surface area contributed by atoms with Gasteiger partial charge in [-0.3, -0.25) is 9.69 Å². The summed E-state index contributed by atoms with van der Waals surface area (Å²) in [6, 6.07) is 1.39. The summed E-state index contributed by atoms with van der Waals surface area (Å²) in [6.07, 6.45) is -2.37. The van der Waals surface area contributed by atoms with Gasteiger partial charge in [-0.1, -0.05) is 0 Å². The van der Waals surface area contributed by atoms with E-state index >= 15 is 0 Å². The molecule has 116 valence electrons. The second-order valence-corrected chi connectivity index (χ2v) is 6.13. The van der Waals surface area contributed by atoms with Crippen molar-refractivity contribution >= 4 is 23.2 Å². The molecule has 0 unspecified atom stereocenters. The first-order valence-corrected chi connectivity index (χ1v) is 7.33. The summed E-state index contributed by atoms with van der Waals surface area (Å²) in [4.78, 5) is 27.3. The van der Waals surface area contributed by atoms with Crippen LogP contribution in [0.15, 0.2) is 6.07 Å². The van der Waals surface area contributed by atoms with Crippen LogP contribution in [0.3, 0.4) is 0 Å². The molecule has 0 aromatic carbocycles. The highest BCUT2D eigenvalue weighted by Crippen LogP contribution is 2.23. The summed E-state index contributed by atoms with van der Waals surface area (Å²) in [5.74, 6) is -1.28. The summed E-state index contributed by atoms with van der Waals surface area (Å²) in [7, 11) is 0. The summed E-state index contributed by atoms with van der Waals surface area (Å²) < 4.78 is 24.6. The van der Waals surface area contributed by atoms with E-state index in [1.807, 2.05) is 0 Å². The molecule has 1 N–H and O–H groups in total. The second kappa shape index (κ2) is 6.48. The molecule has 0 radical (unpaired) electrons. The SMILES string of the molecule is Cc1sc(C(=O)O)cc1C(=O)N1CCN(CC(F)F)CC1. The van der Waals surface area contributed by atoms with Crippen LogP contribution in [0.2, 0.25) is 0 Å². The van der Waals surface area contributed by atoms with E-state index in [9.17, 15) is 18.4 Å². The summed E-state index contributed by atoms with van der Waals surface area (Å²) in [5.41, 5.74) is 0.389. The van der Waals surface area contributed by atoms with E-state index < -0.39 is 12.4 Å². The van der Waals surface area contributed by atoms with E-state index in [0.717, 1.165) is 11.3 Å². The molecule has 8 heteroatoms. The van der Waals surface area contributed by atoms with Crippen molar-refractivity contribution in [2.45, 2.75) is 13.3 Å². The molecule has 0 spiro atoms. The first-order chi connectivity index (χ1) is 9.88. The van der Waals surface area contributed by atoms with E-state index in [-0.39, 0.29) is 17.3 Å². The lowest BCUT2D eigenvalue weighted by Gasteiger charge is -2.34. The molecule has 1 fully saturated rings. The Morgan fingerprint density at radius 1 is 1.33 bits per heavy atom. The third-order valence-corrected chi connectivity index (χ3v) is 4.45. The normalized spacial score (nSPS) is 16.5. The molecule has 1 aliphatic heterocycles. The predicted molar refractivity (Wildman–Crippen MR) is 74.4 cm³/mol. The summed E-state index contributed by atoms with van der Waals surface area (Å²) in [6.45, 7) is 3.00. The molecular formula is C13H16F2N2O3S. The number of halogens is 2. The molecule has 1 amide bonds. The van der Waals surface area contributed by atoms with Crippen LogP contribution >= 0.6 is 11.3 Å². The number of hydrogen-bond donors (Lipinski definition) is 1. The van der Waals surface area contributed by atoms with Crippen molar-refractivity contribution in [2.75, 3.05) is 32.7 Å². The van der Waals surface area contributed by atoms with E-state index in [1.54, 1.807) is 16.7 Å². The molecule has 2 heterocycles. The van der Waals surface area contributed by atoms with Crippen LogP contribution in [0.5, 0.6) is 0 Å². The lowest BCUT2D eigenvalue weighted by molar-refractivity contribution is 0.0459. The van der Waals surface area contributed by atoms with Gasteiger partial charge in [0.1, 0.15) is 4.88 Å². The second-order valence-electron chi connectivity index (χ2n) is 4.87. The van der Waals surface area contributed by atoms with Crippen LogP contribution in [-0.2, 0) is 0 Å². The molecule has 1 aromatic heterocycles. The van der Waals surface area contributed by atoms with Gasteiger partial charge < -0.3 is 10.0 Å². The Bertz CT molecular complexity index is 540. The van der Waals surface area contributed by atoms with Crippen molar-refractivity contribution in [3.05, 3.63) is 21.4 Å². The van der Waals surface area contributed by atoms with Gasteiger partial charge in [0.05, 0.1) is 12.1 Å². The topological polar surface area (TPSA) is 60.9 Å². The van der Waals surface area contributed by atoms with Crippen molar-refractivity contribution < 1.29 is 23.5 Å². The van der Waals surface area contributed by atoms with Gasteiger partial charge >= 0.3 is 5.97 Å². The minimum atomic E-state index is -2.37. The Labute approximate surface area is 124 Å². The summed E-state index contributed by atoms with van der Waals surface area (Å²) >= 11 is 1.07. The third kappa shape index (κ3) is 3.76. The number of carboxylic acids is 1. The Hall–Kier alpha value is -1.54. The van der Waals surface area contributed by atoms with Gasteiger partial charge in [0.2, 0.25) is 0 Å². The minimum absolute atomic E-state index is 0.132. The average molecular weight is 318 g/mol. The molecule has 0 bridgehead atoms. The molecule has 0 aliphatic carbocycles. The zero-order valence-electron chi connectivity index (χ0n) is 11.5. The molecule has 1 aliphatic rings. The van der Waals surface area contributed by atoms with Gasteiger partial charge in [-0.2, -0.15) is 0 Å². The van der Waals surface area contributed by atoms with Crippen molar-refractivity contribution in [1.29, 1.82) is 0 Å². The van der Waals surface area contributed by atoms with E-state index in [2.05, 4.69) is 0 Å². The fourth-order valence-electron chi connectivity index (χ4n) is 2.30. The zero-order valence-corrected chi connectivity index (χ0v) is 12.3. The molecular weight excluding hydrogens is 302 g/mol. The Balaban J connectivity index is 2.00. The first-order valence-electron chi connectivity index (χ1n) is 6.52. The predicted octanol–water partition coefficient (Wildman–Crippen LogP) is 1.78. The number of nitrogens with zero attached hydrogens (tertiary/aromatic N) is 2. The minimum Gasteiger partial charge on any atom is -0.477 e. The molecule has 21 heavy (non-hydrogen) atoms. The lowest BCUT2D eigenvalue weighted by Crippen LogP contribution is -2.49. The maximum Gasteiger partial charge on any atom is 0.345 e. The fourth-order valence-corrected chi connectivity index (χ4v) is 3.15. The Morgan fingerprint density at radius 3 is 2.43 bits per heavy atom. The van der Waals surface area contributed by atoms with Crippen LogP contribution in [-0.4, -0.2) is 65.9 Å². The van der Waals surface area contributed by atoms with E-state index in [0.29, 0.717) is 36.6 Å². The average Bonchev–Trinajstić information content (AvgIpc) is 2.80. The van der Waals surface area contributed by atoms with Gasteiger partial charge in [-0.15, -0.1) is 11.3 Å².